The number of nitrogens with zero attached hydrogens (tertiary/aromatic N) is 2. The Bertz CT molecular complexity index is 1150. The molecule has 1 aliphatic rings. The molecule has 31 heavy (non-hydrogen) atoms. The van der Waals surface area contributed by atoms with Gasteiger partial charge in [-0.1, -0.05) is 49.0 Å². The Balaban J connectivity index is 1.23. The van der Waals surface area contributed by atoms with Crippen LogP contribution in [0.3, 0.4) is 0 Å². The molecule has 0 spiro atoms. The van der Waals surface area contributed by atoms with Gasteiger partial charge in [-0.2, -0.15) is 0 Å². The summed E-state index contributed by atoms with van der Waals surface area (Å²) in [6.07, 6.45) is 2.06. The molecule has 6 heteroatoms. The van der Waals surface area contributed by atoms with Crippen LogP contribution in [0.15, 0.2) is 79.1 Å². The Morgan fingerprint density at radius 2 is 1.90 bits per heavy atom. The predicted molar refractivity (Wildman–Crippen MR) is 130 cm³/mol. The fraction of sp³-hybridized carbons (Fsp3) is 0.240. The maximum Gasteiger partial charge on any atom is 0.124 e. The number of thiophene rings is 1. The number of anilines is 1. The Kier molecular flexibility index (Phi) is 5.49. The quantitative estimate of drug-likeness (QED) is 0.373. The summed E-state index contributed by atoms with van der Waals surface area (Å²) in [6.45, 7) is 5.24. The molecule has 2 atom stereocenters. The number of aromatic nitrogens is 2. The third-order valence-electron chi connectivity index (χ3n) is 5.91. The number of rotatable bonds is 6. The smallest absolute Gasteiger partial charge is 0.124 e. The number of nitrogens with one attached hydrogen (secondary N) is 3. The van der Waals surface area contributed by atoms with Crippen molar-refractivity contribution in [3.63, 3.8) is 0 Å². The maximum atomic E-state index is 4.84. The minimum Gasteiger partial charge on any atom is -0.369 e. The number of aromatic amines is 1. The molecule has 1 saturated heterocycles. The van der Waals surface area contributed by atoms with Gasteiger partial charge >= 0.3 is 0 Å². The minimum absolute atomic E-state index is 0.262. The highest BCUT2D eigenvalue weighted by molar-refractivity contribution is 7.19. The van der Waals surface area contributed by atoms with Gasteiger partial charge in [-0.15, -0.1) is 11.3 Å². The first-order valence-corrected chi connectivity index (χ1v) is 11.5. The van der Waals surface area contributed by atoms with Crippen LogP contribution < -0.4 is 10.6 Å². The van der Waals surface area contributed by atoms with Crippen LogP contribution in [0.5, 0.6) is 0 Å². The lowest BCUT2D eigenvalue weighted by Crippen LogP contribution is -2.43. The first kappa shape index (κ1) is 19.8. The lowest BCUT2D eigenvalue weighted by atomic mass is 9.97. The van der Waals surface area contributed by atoms with Gasteiger partial charge in [0.25, 0.3) is 0 Å². The van der Waals surface area contributed by atoms with Crippen LogP contribution in [0.4, 0.5) is 5.00 Å². The number of H-pyrrole nitrogens is 1. The molecule has 5 nitrogen and oxygen atoms in total. The van der Waals surface area contributed by atoms with Crippen molar-refractivity contribution < 1.29 is 0 Å². The van der Waals surface area contributed by atoms with E-state index < -0.39 is 0 Å². The van der Waals surface area contributed by atoms with E-state index in [1.165, 1.54) is 10.4 Å². The monoisotopic (exact) mass is 429 g/mol. The average Bonchev–Trinajstić information content (AvgIpc) is 3.42. The number of hydrogen-bond donors (Lipinski definition) is 3. The number of likely N-dealkylation sites (tertiary alicyclic amines) is 1. The van der Waals surface area contributed by atoms with Crippen LogP contribution in [-0.2, 0) is 0 Å². The second-order valence-electron chi connectivity index (χ2n) is 8.13. The molecule has 3 heterocycles. The molecule has 0 saturated carbocycles. The zero-order valence-electron chi connectivity index (χ0n) is 17.6. The van der Waals surface area contributed by atoms with E-state index in [1.54, 1.807) is 11.3 Å². The summed E-state index contributed by atoms with van der Waals surface area (Å²) in [5.41, 5.74) is 3.36. The van der Waals surface area contributed by atoms with Crippen molar-refractivity contribution in [1.82, 2.24) is 20.2 Å². The molecular formula is C25H27N5S. The van der Waals surface area contributed by atoms with Crippen molar-refractivity contribution in [3.8, 4) is 10.4 Å². The first-order valence-electron chi connectivity index (χ1n) is 10.7. The number of fused-ring (bicyclic) bond motifs is 1. The largest absolute Gasteiger partial charge is 0.369 e. The number of para-hydroxylation sites is 2. The van der Waals surface area contributed by atoms with Gasteiger partial charge in [-0.05, 0) is 49.7 Å². The number of hydrogen-bond acceptors (Lipinski definition) is 5. The number of benzene rings is 2. The molecule has 3 N–H and O–H groups in total. The highest BCUT2D eigenvalue weighted by atomic mass is 32.1. The molecule has 0 aliphatic carbocycles. The van der Waals surface area contributed by atoms with E-state index in [0.717, 1.165) is 47.1 Å². The molecule has 0 bridgehead atoms. The summed E-state index contributed by atoms with van der Waals surface area (Å²) in [7, 11) is 2.18. The van der Waals surface area contributed by atoms with Crippen molar-refractivity contribution in [2.75, 3.05) is 18.9 Å². The van der Waals surface area contributed by atoms with E-state index in [-0.39, 0.29) is 6.04 Å². The van der Waals surface area contributed by atoms with Crippen LogP contribution in [0.25, 0.3) is 21.5 Å². The number of piperidine rings is 1. The molecule has 0 amide bonds. The molecule has 158 valence electrons. The Morgan fingerprint density at radius 3 is 2.74 bits per heavy atom. The second kappa shape index (κ2) is 8.57. The Morgan fingerprint density at radius 1 is 1.10 bits per heavy atom. The summed E-state index contributed by atoms with van der Waals surface area (Å²) in [5, 5.41) is 8.14. The third kappa shape index (κ3) is 4.36. The van der Waals surface area contributed by atoms with Crippen LogP contribution in [0, 0.1) is 0 Å². The molecule has 1 unspecified atom stereocenters. The van der Waals surface area contributed by atoms with E-state index in [0.29, 0.717) is 6.04 Å². The standard InChI is InChI=1S/C25H27N5S/c1-17(27-24-13-12-23(31-24)18-8-4-3-5-9-18)26-19-14-15-30(2)22(16-19)25-28-20-10-6-7-11-21(20)29-25/h3-13,19,22,26-27H,1,14-16H2,2H3,(H,28,29)/t19?,22-/m1/s1. The number of imidazole rings is 1. The summed E-state index contributed by atoms with van der Waals surface area (Å²) in [5.74, 6) is 1.89. The van der Waals surface area contributed by atoms with Crippen molar-refractivity contribution in [2.24, 2.45) is 0 Å². The minimum atomic E-state index is 0.262. The van der Waals surface area contributed by atoms with E-state index in [9.17, 15) is 0 Å². The fourth-order valence-electron chi connectivity index (χ4n) is 4.26. The van der Waals surface area contributed by atoms with Crippen LogP contribution in [0.2, 0.25) is 0 Å². The van der Waals surface area contributed by atoms with Gasteiger partial charge in [0, 0.05) is 17.5 Å². The van der Waals surface area contributed by atoms with Gasteiger partial charge in [-0.25, -0.2) is 4.98 Å². The second-order valence-corrected chi connectivity index (χ2v) is 9.22. The first-order chi connectivity index (χ1) is 15.2. The SMILES string of the molecule is C=C(Nc1ccc(-c2ccccc2)s1)NC1CCN(C)[C@@H](c2nc3ccccc3[nH]2)C1. The molecule has 5 rings (SSSR count). The Labute approximate surface area is 186 Å². The van der Waals surface area contributed by atoms with Crippen LogP contribution >= 0.6 is 11.3 Å². The maximum absolute atomic E-state index is 4.84. The lowest BCUT2D eigenvalue weighted by molar-refractivity contribution is 0.155. The van der Waals surface area contributed by atoms with Gasteiger partial charge in [0.1, 0.15) is 5.82 Å². The van der Waals surface area contributed by atoms with Gasteiger partial charge in [-0.3, -0.25) is 4.90 Å². The van der Waals surface area contributed by atoms with E-state index in [2.05, 4.69) is 82.7 Å². The van der Waals surface area contributed by atoms with Gasteiger partial charge in [0.15, 0.2) is 0 Å². The van der Waals surface area contributed by atoms with E-state index in [1.807, 2.05) is 18.2 Å². The van der Waals surface area contributed by atoms with Crippen molar-refractivity contribution in [1.29, 1.82) is 0 Å². The predicted octanol–water partition coefficient (Wildman–Crippen LogP) is 5.60. The topological polar surface area (TPSA) is 56.0 Å². The average molecular weight is 430 g/mol. The van der Waals surface area contributed by atoms with Crippen molar-refractivity contribution >= 4 is 27.4 Å². The molecule has 1 fully saturated rings. The van der Waals surface area contributed by atoms with Crippen molar-refractivity contribution in [2.45, 2.75) is 24.9 Å². The molecule has 0 radical (unpaired) electrons. The third-order valence-corrected chi connectivity index (χ3v) is 6.96. The summed E-state index contributed by atoms with van der Waals surface area (Å²) < 4.78 is 0. The highest BCUT2D eigenvalue weighted by Gasteiger charge is 2.29. The molecular weight excluding hydrogens is 402 g/mol. The van der Waals surface area contributed by atoms with E-state index in [4.69, 9.17) is 4.98 Å². The summed E-state index contributed by atoms with van der Waals surface area (Å²) in [4.78, 5) is 12.0. The van der Waals surface area contributed by atoms with Gasteiger partial charge < -0.3 is 15.6 Å². The lowest BCUT2D eigenvalue weighted by Gasteiger charge is -2.37. The van der Waals surface area contributed by atoms with E-state index >= 15 is 0 Å². The molecule has 2 aromatic heterocycles. The fourth-order valence-corrected chi connectivity index (χ4v) is 5.20. The summed E-state index contributed by atoms with van der Waals surface area (Å²) in [6, 6.07) is 23.6. The molecule has 1 aliphatic heterocycles. The normalized spacial score (nSPS) is 19.4. The zero-order valence-corrected chi connectivity index (χ0v) is 18.5. The van der Waals surface area contributed by atoms with Gasteiger partial charge in [0.2, 0.25) is 0 Å². The zero-order chi connectivity index (χ0) is 21.2. The molecule has 2 aromatic carbocycles. The van der Waals surface area contributed by atoms with Crippen LogP contribution in [-0.4, -0.2) is 34.5 Å². The van der Waals surface area contributed by atoms with Gasteiger partial charge in [0.05, 0.1) is 27.9 Å². The highest BCUT2D eigenvalue weighted by Crippen LogP contribution is 2.32. The van der Waals surface area contributed by atoms with Crippen LogP contribution in [0.1, 0.15) is 24.7 Å². The molecule has 4 aromatic rings. The van der Waals surface area contributed by atoms with Crippen molar-refractivity contribution in [3.05, 3.63) is 85.0 Å². The Hall–Kier alpha value is -3.09. The summed E-state index contributed by atoms with van der Waals surface area (Å²) >= 11 is 1.74.